The van der Waals surface area contributed by atoms with Gasteiger partial charge in [0.2, 0.25) is 5.91 Å². The van der Waals surface area contributed by atoms with Gasteiger partial charge in [-0.15, -0.1) is 0 Å². The van der Waals surface area contributed by atoms with Crippen LogP contribution in [0.5, 0.6) is 11.5 Å². The summed E-state index contributed by atoms with van der Waals surface area (Å²) in [6.07, 6.45) is 2.10. The maximum absolute atomic E-state index is 13.4. The summed E-state index contributed by atoms with van der Waals surface area (Å²) in [7, 11) is 3.16. The molecule has 2 aromatic carbocycles. The average molecular weight is 426 g/mol. The van der Waals surface area contributed by atoms with Crippen LogP contribution in [0.3, 0.4) is 0 Å². The van der Waals surface area contributed by atoms with E-state index in [1.165, 1.54) is 0 Å². The summed E-state index contributed by atoms with van der Waals surface area (Å²) in [6, 6.07) is 11.2. The molecule has 30 heavy (non-hydrogen) atoms. The Hall–Kier alpha value is -2.79. The van der Waals surface area contributed by atoms with Crippen LogP contribution in [0.2, 0.25) is 5.02 Å². The Morgan fingerprint density at radius 1 is 1.07 bits per heavy atom. The molecular weight excluding hydrogens is 402 g/mol. The lowest BCUT2D eigenvalue weighted by atomic mass is 9.77. The Balaban J connectivity index is 1.89. The van der Waals surface area contributed by atoms with Crippen LogP contribution in [0, 0.1) is 6.92 Å². The first-order chi connectivity index (χ1) is 14.4. The Kier molecular flexibility index (Phi) is 5.56. The van der Waals surface area contributed by atoms with Crippen LogP contribution >= 0.6 is 11.6 Å². The van der Waals surface area contributed by atoms with Crippen molar-refractivity contribution in [2.75, 3.05) is 19.1 Å². The molecule has 1 unspecified atom stereocenters. The molecule has 1 amide bonds. The lowest BCUT2D eigenvalue weighted by Crippen LogP contribution is -2.40. The van der Waals surface area contributed by atoms with Crippen molar-refractivity contribution in [2.45, 2.75) is 38.5 Å². The van der Waals surface area contributed by atoms with E-state index in [1.54, 1.807) is 25.2 Å². The van der Waals surface area contributed by atoms with E-state index in [0.717, 1.165) is 28.8 Å². The van der Waals surface area contributed by atoms with Gasteiger partial charge in [0.1, 0.15) is 11.5 Å². The van der Waals surface area contributed by atoms with Gasteiger partial charge < -0.3 is 9.47 Å². The highest BCUT2D eigenvalue weighted by atomic mass is 35.5. The number of anilines is 1. The minimum atomic E-state index is -0.272. The zero-order valence-corrected chi connectivity index (χ0v) is 18.1. The number of hydrogen-bond acceptors (Lipinski definition) is 4. The van der Waals surface area contributed by atoms with E-state index in [-0.39, 0.29) is 24.0 Å². The van der Waals surface area contributed by atoms with Crippen molar-refractivity contribution in [3.8, 4) is 11.5 Å². The van der Waals surface area contributed by atoms with Gasteiger partial charge in [-0.25, -0.2) is 0 Å². The number of halogens is 1. The predicted molar refractivity (Wildman–Crippen MR) is 116 cm³/mol. The summed E-state index contributed by atoms with van der Waals surface area (Å²) in [4.78, 5) is 28.1. The van der Waals surface area contributed by atoms with Gasteiger partial charge in [-0.1, -0.05) is 23.7 Å². The molecule has 0 saturated heterocycles. The normalized spacial score (nSPS) is 19.1. The van der Waals surface area contributed by atoms with Gasteiger partial charge in [-0.2, -0.15) is 0 Å². The fourth-order valence-electron chi connectivity index (χ4n) is 4.40. The van der Waals surface area contributed by atoms with Gasteiger partial charge in [0, 0.05) is 41.1 Å². The third kappa shape index (κ3) is 3.47. The van der Waals surface area contributed by atoms with E-state index in [9.17, 15) is 9.59 Å². The number of aryl methyl sites for hydroxylation is 1. The molecule has 5 nitrogen and oxygen atoms in total. The maximum Gasteiger partial charge on any atom is 0.232 e. The molecule has 0 bridgehead atoms. The molecule has 0 aromatic heterocycles. The molecule has 0 spiro atoms. The van der Waals surface area contributed by atoms with Gasteiger partial charge in [0.25, 0.3) is 0 Å². The highest BCUT2D eigenvalue weighted by Crippen LogP contribution is 2.46. The fraction of sp³-hybridized carbons (Fsp3) is 0.333. The molecule has 6 heteroatoms. The zero-order valence-electron chi connectivity index (χ0n) is 17.3. The Morgan fingerprint density at radius 3 is 2.60 bits per heavy atom. The fourth-order valence-corrected chi connectivity index (χ4v) is 4.56. The van der Waals surface area contributed by atoms with E-state index >= 15 is 0 Å². The third-order valence-corrected chi connectivity index (χ3v) is 6.28. The number of methoxy groups -OCH3 is 2. The number of allylic oxidation sites excluding steroid dienone is 2. The van der Waals surface area contributed by atoms with E-state index in [4.69, 9.17) is 21.1 Å². The number of amides is 1. The molecule has 4 rings (SSSR count). The lowest BCUT2D eigenvalue weighted by molar-refractivity contribution is -0.120. The highest BCUT2D eigenvalue weighted by molar-refractivity contribution is 6.31. The smallest absolute Gasteiger partial charge is 0.232 e. The molecule has 2 aromatic rings. The molecule has 1 aliphatic carbocycles. The molecule has 1 aliphatic heterocycles. The number of carbonyl (C=O) groups is 2. The molecule has 0 radical (unpaired) electrons. The Labute approximate surface area is 181 Å². The molecular formula is C24H24ClNO4. The first-order valence-corrected chi connectivity index (χ1v) is 10.4. The summed E-state index contributed by atoms with van der Waals surface area (Å²) in [6.45, 7) is 1.89. The van der Waals surface area contributed by atoms with Gasteiger partial charge in [0.05, 0.1) is 19.9 Å². The molecule has 1 heterocycles. The summed E-state index contributed by atoms with van der Waals surface area (Å²) in [5.41, 5.74) is 3.90. The minimum Gasteiger partial charge on any atom is -0.497 e. The van der Waals surface area contributed by atoms with Crippen molar-refractivity contribution < 1.29 is 19.1 Å². The van der Waals surface area contributed by atoms with Crippen molar-refractivity contribution in [1.29, 1.82) is 0 Å². The summed E-state index contributed by atoms with van der Waals surface area (Å²) >= 11 is 6.27. The number of rotatable bonds is 4. The highest BCUT2D eigenvalue weighted by Gasteiger charge is 2.40. The van der Waals surface area contributed by atoms with Crippen molar-refractivity contribution in [2.24, 2.45) is 0 Å². The van der Waals surface area contributed by atoms with E-state index in [2.05, 4.69) is 0 Å². The second kappa shape index (κ2) is 8.15. The number of benzene rings is 2. The van der Waals surface area contributed by atoms with Crippen LogP contribution in [0.1, 0.15) is 42.7 Å². The summed E-state index contributed by atoms with van der Waals surface area (Å²) in [5.74, 6) is 1.000. The molecule has 1 atom stereocenters. The van der Waals surface area contributed by atoms with Gasteiger partial charge in [-0.3, -0.25) is 14.5 Å². The molecule has 156 valence electrons. The lowest BCUT2D eigenvalue weighted by Gasteiger charge is -2.39. The van der Waals surface area contributed by atoms with Crippen molar-refractivity contribution in [3.05, 3.63) is 63.8 Å². The van der Waals surface area contributed by atoms with Crippen LogP contribution < -0.4 is 14.4 Å². The second-order valence-corrected chi connectivity index (χ2v) is 8.08. The van der Waals surface area contributed by atoms with Crippen molar-refractivity contribution in [3.63, 3.8) is 0 Å². The third-order valence-electron chi connectivity index (χ3n) is 5.87. The SMILES string of the molecule is COc1cccc(C2CC(=O)N(c3cc(C)c(Cl)cc3OC)C3=C2C(=O)CCC3)c1. The maximum atomic E-state index is 13.4. The predicted octanol–water partition coefficient (Wildman–Crippen LogP) is 5.19. The van der Waals surface area contributed by atoms with E-state index in [1.807, 2.05) is 37.3 Å². The standard InChI is InChI=1S/C24H24ClNO4/c1-14-10-20(22(30-3)13-18(14)25)26-19-8-5-9-21(27)24(19)17(12-23(26)28)15-6-4-7-16(11-15)29-2/h4,6-7,10-11,13,17H,5,8-9,12H2,1-3H3. The van der Waals surface area contributed by atoms with Crippen molar-refractivity contribution in [1.82, 2.24) is 0 Å². The quantitative estimate of drug-likeness (QED) is 0.676. The number of hydrogen-bond donors (Lipinski definition) is 0. The largest absolute Gasteiger partial charge is 0.497 e. The molecule has 0 N–H and O–H groups in total. The van der Waals surface area contributed by atoms with Crippen molar-refractivity contribution >= 4 is 29.0 Å². The van der Waals surface area contributed by atoms with Gasteiger partial charge in [0.15, 0.2) is 5.78 Å². The minimum absolute atomic E-state index is 0.0590. The van der Waals surface area contributed by atoms with Gasteiger partial charge in [-0.05, 0) is 49.1 Å². The number of ketones is 1. The number of nitrogens with zero attached hydrogens (tertiary/aromatic N) is 1. The average Bonchev–Trinajstić information content (AvgIpc) is 2.75. The molecule has 0 fully saturated rings. The number of carbonyl (C=O) groups excluding carboxylic acids is 2. The van der Waals surface area contributed by atoms with Crippen LogP contribution in [-0.2, 0) is 9.59 Å². The van der Waals surface area contributed by atoms with Crippen LogP contribution in [-0.4, -0.2) is 25.9 Å². The molecule has 0 saturated carbocycles. The first kappa shape index (κ1) is 20.5. The zero-order chi connectivity index (χ0) is 21.4. The number of Topliss-reactive ketones (excluding diaryl/α,β-unsaturated/α-hetero) is 1. The summed E-state index contributed by atoms with van der Waals surface area (Å²) in [5, 5.41) is 0.572. The van der Waals surface area contributed by atoms with Crippen LogP contribution in [0.25, 0.3) is 0 Å². The van der Waals surface area contributed by atoms with Gasteiger partial charge >= 0.3 is 0 Å². The monoisotopic (exact) mass is 425 g/mol. The first-order valence-electron chi connectivity index (χ1n) is 10.0. The molecule has 2 aliphatic rings. The Morgan fingerprint density at radius 2 is 1.87 bits per heavy atom. The van der Waals surface area contributed by atoms with E-state index < -0.39 is 0 Å². The Bertz CT molecular complexity index is 1060. The number of ether oxygens (including phenoxy) is 2. The summed E-state index contributed by atoms with van der Waals surface area (Å²) < 4.78 is 10.9. The topological polar surface area (TPSA) is 55.8 Å². The van der Waals surface area contributed by atoms with Crippen LogP contribution in [0.4, 0.5) is 5.69 Å². The second-order valence-electron chi connectivity index (χ2n) is 7.67. The van der Waals surface area contributed by atoms with Crippen LogP contribution in [0.15, 0.2) is 47.7 Å². The van der Waals surface area contributed by atoms with E-state index in [0.29, 0.717) is 35.1 Å².